The highest BCUT2D eigenvalue weighted by Crippen LogP contribution is 2.27. The zero-order chi connectivity index (χ0) is 14.3. The SMILES string of the molecule is Cc1c(C)n(Cc2cccc(F)c2)c2cnc(Cl)cc12. The molecule has 0 unspecified atom stereocenters. The Labute approximate surface area is 121 Å². The molecule has 0 radical (unpaired) electrons. The monoisotopic (exact) mass is 288 g/mol. The van der Waals surface area contributed by atoms with Gasteiger partial charge in [0.25, 0.3) is 0 Å². The molecule has 4 heteroatoms. The first kappa shape index (κ1) is 13.1. The Bertz CT molecular complexity index is 793. The molecule has 102 valence electrons. The fraction of sp³-hybridized carbons (Fsp3) is 0.188. The van der Waals surface area contributed by atoms with Crippen molar-refractivity contribution < 1.29 is 4.39 Å². The average molecular weight is 289 g/mol. The minimum atomic E-state index is -0.213. The van der Waals surface area contributed by atoms with Crippen LogP contribution in [0.5, 0.6) is 0 Å². The first-order valence-electron chi connectivity index (χ1n) is 6.41. The normalized spacial score (nSPS) is 11.2. The third kappa shape index (κ3) is 2.18. The van der Waals surface area contributed by atoms with E-state index in [9.17, 15) is 4.39 Å². The molecule has 0 aliphatic carbocycles. The Balaban J connectivity index is 2.14. The third-order valence-corrected chi connectivity index (χ3v) is 3.93. The summed E-state index contributed by atoms with van der Waals surface area (Å²) in [6, 6.07) is 8.54. The maximum atomic E-state index is 13.3. The number of nitrogens with zero attached hydrogens (tertiary/aromatic N) is 2. The molecule has 2 heterocycles. The Morgan fingerprint density at radius 3 is 2.80 bits per heavy atom. The van der Waals surface area contributed by atoms with Gasteiger partial charge in [-0.1, -0.05) is 23.7 Å². The van der Waals surface area contributed by atoms with Crippen LogP contribution in [0, 0.1) is 19.7 Å². The fourth-order valence-electron chi connectivity index (χ4n) is 2.54. The van der Waals surface area contributed by atoms with Gasteiger partial charge in [0.2, 0.25) is 0 Å². The number of hydrogen-bond donors (Lipinski definition) is 0. The Morgan fingerprint density at radius 2 is 2.05 bits per heavy atom. The molecule has 0 aliphatic rings. The van der Waals surface area contributed by atoms with Crippen molar-refractivity contribution in [3.63, 3.8) is 0 Å². The molecule has 0 aliphatic heterocycles. The molecule has 0 bridgehead atoms. The van der Waals surface area contributed by atoms with Crippen LogP contribution in [0.1, 0.15) is 16.8 Å². The van der Waals surface area contributed by atoms with Gasteiger partial charge in [-0.25, -0.2) is 9.37 Å². The lowest BCUT2D eigenvalue weighted by atomic mass is 10.2. The lowest BCUT2D eigenvalue weighted by molar-refractivity contribution is 0.623. The number of hydrogen-bond acceptors (Lipinski definition) is 1. The van der Waals surface area contributed by atoms with Crippen molar-refractivity contribution in [1.29, 1.82) is 0 Å². The smallest absolute Gasteiger partial charge is 0.129 e. The summed E-state index contributed by atoms with van der Waals surface area (Å²) < 4.78 is 15.4. The molecule has 2 nitrogen and oxygen atoms in total. The van der Waals surface area contributed by atoms with E-state index in [1.54, 1.807) is 18.3 Å². The van der Waals surface area contributed by atoms with Crippen LogP contribution < -0.4 is 0 Å². The second-order valence-electron chi connectivity index (χ2n) is 4.95. The summed E-state index contributed by atoms with van der Waals surface area (Å²) in [6.07, 6.45) is 1.77. The number of halogens is 2. The van der Waals surface area contributed by atoms with Gasteiger partial charge in [-0.2, -0.15) is 0 Å². The van der Waals surface area contributed by atoms with Crippen molar-refractivity contribution in [3.05, 3.63) is 64.3 Å². The van der Waals surface area contributed by atoms with Crippen molar-refractivity contribution in [1.82, 2.24) is 9.55 Å². The number of aryl methyl sites for hydroxylation is 1. The van der Waals surface area contributed by atoms with E-state index < -0.39 is 0 Å². The number of pyridine rings is 1. The minimum absolute atomic E-state index is 0.213. The summed E-state index contributed by atoms with van der Waals surface area (Å²) in [6.45, 7) is 4.75. The van der Waals surface area contributed by atoms with Crippen LogP contribution >= 0.6 is 11.6 Å². The van der Waals surface area contributed by atoms with Gasteiger partial charge in [0.05, 0.1) is 11.7 Å². The van der Waals surface area contributed by atoms with Crippen LogP contribution in [0.25, 0.3) is 10.9 Å². The molecule has 20 heavy (non-hydrogen) atoms. The fourth-order valence-corrected chi connectivity index (χ4v) is 2.70. The molecule has 0 saturated heterocycles. The molecule has 2 aromatic heterocycles. The van der Waals surface area contributed by atoms with E-state index in [0.29, 0.717) is 11.7 Å². The molecule has 3 rings (SSSR count). The first-order valence-corrected chi connectivity index (χ1v) is 6.79. The lowest BCUT2D eigenvalue weighted by Gasteiger charge is -2.08. The molecular weight excluding hydrogens is 275 g/mol. The summed E-state index contributed by atoms with van der Waals surface area (Å²) >= 11 is 5.96. The van der Waals surface area contributed by atoms with Crippen LogP contribution in [-0.2, 0) is 6.54 Å². The van der Waals surface area contributed by atoms with Gasteiger partial charge in [0, 0.05) is 17.6 Å². The largest absolute Gasteiger partial charge is 0.339 e. The molecule has 0 N–H and O–H groups in total. The number of rotatable bonds is 2. The van der Waals surface area contributed by atoms with E-state index >= 15 is 0 Å². The zero-order valence-corrected chi connectivity index (χ0v) is 12.1. The molecule has 0 saturated carbocycles. The van der Waals surface area contributed by atoms with Crippen molar-refractivity contribution in [2.75, 3.05) is 0 Å². The summed E-state index contributed by atoms with van der Waals surface area (Å²) in [7, 11) is 0. The summed E-state index contributed by atoms with van der Waals surface area (Å²) in [5.74, 6) is -0.213. The molecule has 3 aromatic rings. The van der Waals surface area contributed by atoms with Crippen molar-refractivity contribution in [2.45, 2.75) is 20.4 Å². The van der Waals surface area contributed by atoms with Gasteiger partial charge < -0.3 is 4.57 Å². The van der Waals surface area contributed by atoms with E-state index in [1.165, 1.54) is 11.6 Å². The van der Waals surface area contributed by atoms with Gasteiger partial charge in [-0.3, -0.25) is 0 Å². The van der Waals surface area contributed by atoms with E-state index in [1.807, 2.05) is 12.1 Å². The predicted octanol–water partition coefficient (Wildman–Crippen LogP) is 4.49. The maximum absolute atomic E-state index is 13.3. The molecular formula is C16H14ClFN2. The molecule has 0 fully saturated rings. The molecule has 0 atom stereocenters. The van der Waals surface area contributed by atoms with E-state index in [4.69, 9.17) is 11.6 Å². The van der Waals surface area contributed by atoms with Crippen LogP contribution in [0.2, 0.25) is 5.15 Å². The van der Waals surface area contributed by atoms with Crippen molar-refractivity contribution in [3.8, 4) is 0 Å². The Kier molecular flexibility index (Phi) is 3.22. The van der Waals surface area contributed by atoms with E-state index in [0.717, 1.165) is 22.2 Å². The van der Waals surface area contributed by atoms with Gasteiger partial charge in [-0.15, -0.1) is 0 Å². The highest BCUT2D eigenvalue weighted by atomic mass is 35.5. The van der Waals surface area contributed by atoms with Gasteiger partial charge in [-0.05, 0) is 43.2 Å². The third-order valence-electron chi connectivity index (χ3n) is 3.72. The lowest BCUT2D eigenvalue weighted by Crippen LogP contribution is -2.02. The quantitative estimate of drug-likeness (QED) is 0.635. The van der Waals surface area contributed by atoms with Gasteiger partial charge in [0.1, 0.15) is 11.0 Å². The van der Waals surface area contributed by atoms with Crippen LogP contribution in [0.4, 0.5) is 4.39 Å². The Morgan fingerprint density at radius 1 is 1.25 bits per heavy atom. The standard InChI is InChI=1S/C16H14ClFN2/c1-10-11(2)20(9-12-4-3-5-13(18)6-12)15-8-19-16(17)7-14(10)15/h3-8H,9H2,1-2H3. The number of fused-ring (bicyclic) bond motifs is 1. The van der Waals surface area contributed by atoms with Gasteiger partial charge in [0.15, 0.2) is 0 Å². The second kappa shape index (κ2) is 4.91. The van der Waals surface area contributed by atoms with E-state index in [-0.39, 0.29) is 5.82 Å². The summed E-state index contributed by atoms with van der Waals surface area (Å²) in [5.41, 5.74) is 4.28. The average Bonchev–Trinajstić information content (AvgIpc) is 2.64. The Hall–Kier alpha value is -1.87. The molecule has 1 aromatic carbocycles. The van der Waals surface area contributed by atoms with Crippen LogP contribution in [0.3, 0.4) is 0 Å². The highest BCUT2D eigenvalue weighted by molar-refractivity contribution is 6.30. The summed E-state index contributed by atoms with van der Waals surface area (Å²) in [5, 5.41) is 1.59. The van der Waals surface area contributed by atoms with Crippen LogP contribution in [-0.4, -0.2) is 9.55 Å². The summed E-state index contributed by atoms with van der Waals surface area (Å²) in [4.78, 5) is 4.15. The number of aromatic nitrogens is 2. The highest BCUT2D eigenvalue weighted by Gasteiger charge is 2.12. The zero-order valence-electron chi connectivity index (χ0n) is 11.3. The van der Waals surface area contributed by atoms with E-state index in [2.05, 4.69) is 23.4 Å². The first-order chi connectivity index (χ1) is 9.56. The van der Waals surface area contributed by atoms with Crippen molar-refractivity contribution in [2.24, 2.45) is 0 Å². The number of benzene rings is 1. The van der Waals surface area contributed by atoms with Crippen LogP contribution in [0.15, 0.2) is 36.5 Å². The van der Waals surface area contributed by atoms with Gasteiger partial charge >= 0.3 is 0 Å². The minimum Gasteiger partial charge on any atom is -0.339 e. The van der Waals surface area contributed by atoms with Crippen molar-refractivity contribution >= 4 is 22.5 Å². The predicted molar refractivity (Wildman–Crippen MR) is 79.7 cm³/mol. The maximum Gasteiger partial charge on any atom is 0.129 e. The molecule has 0 amide bonds. The second-order valence-corrected chi connectivity index (χ2v) is 5.34. The molecule has 0 spiro atoms. The topological polar surface area (TPSA) is 17.8 Å².